The van der Waals surface area contributed by atoms with Crippen LogP contribution in [0.2, 0.25) is 0 Å². The Morgan fingerprint density at radius 3 is 2.33 bits per heavy atom. The third-order valence-corrected chi connectivity index (χ3v) is 2.85. The Hall–Kier alpha value is -1.51. The average molecular weight is 248 g/mol. The molecule has 3 heteroatoms. The number of anilines is 1. The van der Waals surface area contributed by atoms with E-state index in [1.165, 1.54) is 5.56 Å². The lowest BCUT2D eigenvalue weighted by Crippen LogP contribution is -2.38. The maximum Gasteiger partial charge on any atom is 0.242 e. The molecule has 0 heterocycles. The van der Waals surface area contributed by atoms with Gasteiger partial charge < -0.3 is 10.6 Å². The monoisotopic (exact) mass is 248 g/mol. The highest BCUT2D eigenvalue weighted by atomic mass is 16.2. The van der Waals surface area contributed by atoms with E-state index in [1.54, 1.807) is 0 Å². The highest BCUT2D eigenvalue weighted by molar-refractivity contribution is 5.84. The summed E-state index contributed by atoms with van der Waals surface area (Å²) < 4.78 is 0. The molecule has 0 saturated carbocycles. The van der Waals surface area contributed by atoms with E-state index in [-0.39, 0.29) is 11.9 Å². The van der Waals surface area contributed by atoms with Gasteiger partial charge in [0, 0.05) is 12.2 Å². The van der Waals surface area contributed by atoms with Gasteiger partial charge in [-0.05, 0) is 38.3 Å². The lowest BCUT2D eigenvalue weighted by atomic mass is 10.1. The number of rotatable bonds is 6. The predicted octanol–water partition coefficient (Wildman–Crippen LogP) is 2.96. The van der Waals surface area contributed by atoms with Crippen LogP contribution in [-0.4, -0.2) is 18.5 Å². The number of nitrogens with one attached hydrogen (secondary N) is 2. The second-order valence-corrected chi connectivity index (χ2v) is 5.21. The summed E-state index contributed by atoms with van der Waals surface area (Å²) in [6.07, 6.45) is 1.02. The minimum atomic E-state index is -0.208. The minimum Gasteiger partial charge on any atom is -0.374 e. The molecule has 0 radical (unpaired) electrons. The first-order chi connectivity index (χ1) is 8.49. The highest BCUT2D eigenvalue weighted by Gasteiger charge is 2.11. The molecular weight excluding hydrogens is 224 g/mol. The highest BCUT2D eigenvalue weighted by Crippen LogP contribution is 2.09. The van der Waals surface area contributed by atoms with Crippen molar-refractivity contribution in [2.45, 2.75) is 40.2 Å². The predicted molar refractivity (Wildman–Crippen MR) is 76.7 cm³/mol. The second kappa shape index (κ2) is 7.04. The molecule has 2 N–H and O–H groups in total. The van der Waals surface area contributed by atoms with Gasteiger partial charge in [0.25, 0.3) is 0 Å². The largest absolute Gasteiger partial charge is 0.374 e. The van der Waals surface area contributed by atoms with Crippen molar-refractivity contribution in [1.82, 2.24) is 5.32 Å². The molecule has 1 aromatic carbocycles. The van der Waals surface area contributed by atoms with Crippen LogP contribution in [0.5, 0.6) is 0 Å². The third-order valence-electron chi connectivity index (χ3n) is 2.85. The molecule has 0 saturated heterocycles. The Kier molecular flexibility index (Phi) is 5.69. The third kappa shape index (κ3) is 5.21. The van der Waals surface area contributed by atoms with Crippen molar-refractivity contribution in [3.8, 4) is 0 Å². The summed E-state index contributed by atoms with van der Waals surface area (Å²) in [4.78, 5) is 11.8. The van der Waals surface area contributed by atoms with Crippen molar-refractivity contribution in [1.29, 1.82) is 0 Å². The zero-order chi connectivity index (χ0) is 13.5. The summed E-state index contributed by atoms with van der Waals surface area (Å²) in [7, 11) is 0. The van der Waals surface area contributed by atoms with Crippen molar-refractivity contribution in [2.24, 2.45) is 5.92 Å². The van der Waals surface area contributed by atoms with Crippen LogP contribution in [-0.2, 0) is 4.79 Å². The summed E-state index contributed by atoms with van der Waals surface area (Å²) in [5.41, 5.74) is 2.20. The molecule has 1 aromatic rings. The molecule has 0 aromatic heterocycles. The van der Waals surface area contributed by atoms with Gasteiger partial charge in [0.2, 0.25) is 5.91 Å². The van der Waals surface area contributed by atoms with E-state index in [1.807, 2.05) is 38.1 Å². The fraction of sp³-hybridized carbons (Fsp3) is 0.533. The smallest absolute Gasteiger partial charge is 0.242 e. The first-order valence-electron chi connectivity index (χ1n) is 6.60. The molecule has 1 amide bonds. The van der Waals surface area contributed by atoms with E-state index in [0.29, 0.717) is 5.92 Å². The zero-order valence-electron chi connectivity index (χ0n) is 11.8. The van der Waals surface area contributed by atoms with Gasteiger partial charge in [-0.3, -0.25) is 4.79 Å². The lowest BCUT2D eigenvalue weighted by Gasteiger charge is -2.16. The molecular formula is C15H24N2O. The first-order valence-corrected chi connectivity index (χ1v) is 6.60. The zero-order valence-corrected chi connectivity index (χ0v) is 11.8. The van der Waals surface area contributed by atoms with Crippen LogP contribution in [0.4, 0.5) is 5.69 Å². The van der Waals surface area contributed by atoms with Gasteiger partial charge in [0.1, 0.15) is 6.04 Å². The fourth-order valence-corrected chi connectivity index (χ4v) is 1.60. The van der Waals surface area contributed by atoms with Crippen LogP contribution in [0, 0.1) is 12.8 Å². The summed E-state index contributed by atoms with van der Waals surface area (Å²) in [6, 6.07) is 7.85. The van der Waals surface area contributed by atoms with Crippen LogP contribution >= 0.6 is 0 Å². The molecule has 0 bridgehead atoms. The Morgan fingerprint density at radius 1 is 1.17 bits per heavy atom. The van der Waals surface area contributed by atoms with Gasteiger partial charge in [-0.25, -0.2) is 0 Å². The van der Waals surface area contributed by atoms with Crippen LogP contribution in [0.25, 0.3) is 0 Å². The average Bonchev–Trinajstić information content (AvgIpc) is 2.31. The number of carbonyl (C=O) groups excluding carboxylic acids is 1. The van der Waals surface area contributed by atoms with Crippen molar-refractivity contribution in [3.05, 3.63) is 29.8 Å². The van der Waals surface area contributed by atoms with Crippen LogP contribution in [0.1, 0.15) is 32.8 Å². The molecule has 0 aliphatic heterocycles. The maximum atomic E-state index is 11.8. The summed E-state index contributed by atoms with van der Waals surface area (Å²) in [6.45, 7) is 8.98. The SMILES string of the molecule is Cc1ccc(NC(C)C(=O)NCCC(C)C)cc1. The summed E-state index contributed by atoms with van der Waals surface area (Å²) in [5, 5.41) is 6.14. The number of benzene rings is 1. The second-order valence-electron chi connectivity index (χ2n) is 5.21. The van der Waals surface area contributed by atoms with Crippen molar-refractivity contribution < 1.29 is 4.79 Å². The van der Waals surface area contributed by atoms with Gasteiger partial charge >= 0.3 is 0 Å². The molecule has 18 heavy (non-hydrogen) atoms. The maximum absolute atomic E-state index is 11.8. The van der Waals surface area contributed by atoms with Gasteiger partial charge in [-0.1, -0.05) is 31.5 Å². The number of hydrogen-bond donors (Lipinski definition) is 2. The van der Waals surface area contributed by atoms with Crippen LogP contribution in [0.3, 0.4) is 0 Å². The molecule has 1 atom stereocenters. The molecule has 0 spiro atoms. The van der Waals surface area contributed by atoms with E-state index in [4.69, 9.17) is 0 Å². The lowest BCUT2D eigenvalue weighted by molar-refractivity contribution is -0.121. The van der Waals surface area contributed by atoms with Crippen LogP contribution in [0.15, 0.2) is 24.3 Å². The van der Waals surface area contributed by atoms with Crippen molar-refractivity contribution >= 4 is 11.6 Å². The molecule has 1 rings (SSSR count). The first kappa shape index (κ1) is 14.6. The van der Waals surface area contributed by atoms with E-state index in [9.17, 15) is 4.79 Å². The van der Waals surface area contributed by atoms with Gasteiger partial charge in [0.15, 0.2) is 0 Å². The van der Waals surface area contributed by atoms with Crippen molar-refractivity contribution in [2.75, 3.05) is 11.9 Å². The number of aryl methyl sites for hydroxylation is 1. The standard InChI is InChI=1S/C15H24N2O/c1-11(2)9-10-16-15(18)13(4)17-14-7-5-12(3)6-8-14/h5-8,11,13,17H,9-10H2,1-4H3,(H,16,18). The fourth-order valence-electron chi connectivity index (χ4n) is 1.60. The Balaban J connectivity index is 2.37. The van der Waals surface area contributed by atoms with Gasteiger partial charge in [-0.15, -0.1) is 0 Å². The molecule has 100 valence electrons. The molecule has 1 unspecified atom stereocenters. The normalized spacial score (nSPS) is 12.3. The van der Waals surface area contributed by atoms with E-state index in [0.717, 1.165) is 18.7 Å². The van der Waals surface area contributed by atoms with Gasteiger partial charge in [-0.2, -0.15) is 0 Å². The molecule has 0 aliphatic rings. The number of amides is 1. The van der Waals surface area contributed by atoms with Crippen LogP contribution < -0.4 is 10.6 Å². The molecule has 0 aliphatic carbocycles. The minimum absolute atomic E-state index is 0.0521. The van der Waals surface area contributed by atoms with Crippen molar-refractivity contribution in [3.63, 3.8) is 0 Å². The number of carbonyl (C=O) groups is 1. The topological polar surface area (TPSA) is 41.1 Å². The quantitative estimate of drug-likeness (QED) is 0.812. The Labute approximate surface area is 110 Å². The van der Waals surface area contributed by atoms with E-state index >= 15 is 0 Å². The summed E-state index contributed by atoms with van der Waals surface area (Å²) >= 11 is 0. The van der Waals surface area contributed by atoms with E-state index < -0.39 is 0 Å². The number of hydrogen-bond acceptors (Lipinski definition) is 2. The Bertz CT molecular complexity index is 371. The summed E-state index contributed by atoms with van der Waals surface area (Å²) in [5.74, 6) is 0.668. The van der Waals surface area contributed by atoms with Gasteiger partial charge in [0.05, 0.1) is 0 Å². The Morgan fingerprint density at radius 2 is 1.78 bits per heavy atom. The van der Waals surface area contributed by atoms with E-state index in [2.05, 4.69) is 24.5 Å². The molecule has 3 nitrogen and oxygen atoms in total. The molecule has 0 fully saturated rings.